The number of rotatable bonds is 0. The van der Waals surface area contributed by atoms with Crippen molar-refractivity contribution < 1.29 is 0 Å². The molecule has 0 spiro atoms. The van der Waals surface area contributed by atoms with Crippen LogP contribution in [0.2, 0.25) is 0 Å². The lowest BCUT2D eigenvalue weighted by Gasteiger charge is -2.12. The first kappa shape index (κ1) is 59.0. The lowest BCUT2D eigenvalue weighted by molar-refractivity contribution is 1.19. The maximum absolute atomic E-state index is 2.37. The van der Waals surface area contributed by atoms with E-state index in [4.69, 9.17) is 0 Å². The Balaban J connectivity index is 0.000000111. The van der Waals surface area contributed by atoms with Crippen LogP contribution >= 0.6 is 0 Å². The van der Waals surface area contributed by atoms with Crippen LogP contribution in [0.5, 0.6) is 0 Å². The van der Waals surface area contributed by atoms with Crippen LogP contribution in [0.25, 0.3) is 55.6 Å². The summed E-state index contributed by atoms with van der Waals surface area (Å²) in [6.45, 7) is 44.5. The van der Waals surface area contributed by atoms with Gasteiger partial charge in [-0.15, -0.1) is 0 Å². The van der Waals surface area contributed by atoms with Gasteiger partial charge in [-0.2, -0.15) is 0 Å². The summed E-state index contributed by atoms with van der Waals surface area (Å²) in [6.07, 6.45) is 5.53. The quantitative estimate of drug-likeness (QED) is 0.142. The van der Waals surface area contributed by atoms with Crippen molar-refractivity contribution in [2.45, 2.75) is 171 Å². The first-order valence-electron chi connectivity index (χ1n) is 31.4. The van der Waals surface area contributed by atoms with Crippen LogP contribution in [0.1, 0.15) is 167 Å². The Bertz CT molecular complexity index is 4320. The monoisotopic (exact) mass is 1110 g/mol. The molecule has 0 nitrogen and oxygen atoms in total. The summed E-state index contributed by atoms with van der Waals surface area (Å²) in [5.74, 6) is 0. The molecule has 85 heavy (non-hydrogen) atoms. The summed E-state index contributed by atoms with van der Waals surface area (Å²) < 4.78 is 0. The van der Waals surface area contributed by atoms with Crippen molar-refractivity contribution in [2.24, 2.45) is 0 Å². The third-order valence-corrected chi connectivity index (χ3v) is 21.0. The van der Waals surface area contributed by atoms with Crippen LogP contribution in [0.15, 0.2) is 121 Å². The Hall–Kier alpha value is -7.80. The second-order valence-corrected chi connectivity index (χ2v) is 26.4. The zero-order valence-electron chi connectivity index (χ0n) is 55.1. The van der Waals surface area contributed by atoms with Crippen molar-refractivity contribution in [1.29, 1.82) is 0 Å². The molecule has 0 radical (unpaired) electrons. The third kappa shape index (κ3) is 10.5. The predicted molar refractivity (Wildman–Crippen MR) is 368 cm³/mol. The van der Waals surface area contributed by atoms with E-state index in [9.17, 15) is 0 Å². The molecule has 0 heterocycles. The van der Waals surface area contributed by atoms with E-state index < -0.39 is 0 Å². The SMILES string of the molecule is Cc1cc(C)c2c(c1)Cc1ccc(C)c(C)c1-2.Cc1cc2c(c(C)c1C)-c1cccc(C)c1C2.Cc1cc2c(cc1C)-c1c(ccc(C)c1C)C2.Cc1ccc2c(c1C)-c1c(C)ccc(C)c1C2.Cc1ccc2c(c1C)-c1c(ccc(C)c1C)C2. The van der Waals surface area contributed by atoms with Crippen LogP contribution < -0.4 is 0 Å². The minimum absolute atomic E-state index is 1.10. The molecule has 10 aromatic rings. The van der Waals surface area contributed by atoms with Crippen molar-refractivity contribution in [1.82, 2.24) is 0 Å². The molecule has 0 amide bonds. The third-order valence-electron chi connectivity index (χ3n) is 21.0. The van der Waals surface area contributed by atoms with Gasteiger partial charge in [-0.1, -0.05) is 127 Å². The fraction of sp³-hybridized carbons (Fsp3) is 0.294. The van der Waals surface area contributed by atoms with E-state index in [2.05, 4.69) is 260 Å². The summed E-state index contributed by atoms with van der Waals surface area (Å²) >= 11 is 0. The molecule has 0 N–H and O–H groups in total. The van der Waals surface area contributed by atoms with Crippen molar-refractivity contribution >= 4 is 0 Å². The molecule has 0 saturated carbocycles. The van der Waals surface area contributed by atoms with Crippen LogP contribution in [0, 0.1) is 138 Å². The fourth-order valence-electron chi connectivity index (χ4n) is 15.0. The van der Waals surface area contributed by atoms with Crippen LogP contribution in [0.4, 0.5) is 0 Å². The van der Waals surface area contributed by atoms with Gasteiger partial charge in [0.15, 0.2) is 0 Å². The van der Waals surface area contributed by atoms with Crippen LogP contribution in [-0.2, 0) is 32.1 Å². The molecule has 5 aliphatic carbocycles. The number of fused-ring (bicyclic) bond motifs is 15. The molecule has 0 heteroatoms. The topological polar surface area (TPSA) is 0 Å². The molecule has 15 rings (SSSR count). The molecular formula is C85H90. The van der Waals surface area contributed by atoms with Gasteiger partial charge in [0.25, 0.3) is 0 Å². The van der Waals surface area contributed by atoms with Crippen molar-refractivity contribution in [3.05, 3.63) is 288 Å². The minimum Gasteiger partial charge on any atom is -0.0614 e. The Morgan fingerprint density at radius 2 is 0.565 bits per heavy atom. The average Bonchev–Trinajstić information content (AvgIpc) is 2.61. The maximum atomic E-state index is 2.37. The molecule has 0 atom stereocenters. The minimum atomic E-state index is 1.10. The average molecular weight is 1110 g/mol. The highest BCUT2D eigenvalue weighted by atomic mass is 14.3. The van der Waals surface area contributed by atoms with Crippen LogP contribution in [0.3, 0.4) is 0 Å². The van der Waals surface area contributed by atoms with Gasteiger partial charge in [0, 0.05) is 0 Å². The highest BCUT2D eigenvalue weighted by Crippen LogP contribution is 2.47. The number of aryl methyl sites for hydroxylation is 13. The largest absolute Gasteiger partial charge is 0.0614 e. The van der Waals surface area contributed by atoms with Gasteiger partial charge >= 0.3 is 0 Å². The molecule has 0 bridgehead atoms. The highest BCUT2D eigenvalue weighted by Gasteiger charge is 2.28. The van der Waals surface area contributed by atoms with E-state index in [1.165, 1.54) is 223 Å². The Morgan fingerprint density at radius 1 is 0.188 bits per heavy atom. The first-order valence-corrected chi connectivity index (χ1v) is 31.4. The van der Waals surface area contributed by atoms with Gasteiger partial charge in [-0.25, -0.2) is 0 Å². The Labute approximate surface area is 511 Å². The van der Waals surface area contributed by atoms with Gasteiger partial charge in [0.05, 0.1) is 0 Å². The lowest BCUT2D eigenvalue weighted by atomic mass is 9.92. The molecule has 0 fully saturated rings. The molecule has 10 aromatic carbocycles. The normalized spacial score (nSPS) is 12.5. The summed E-state index contributed by atoms with van der Waals surface area (Å²) in [5, 5.41) is 0. The molecular weight excluding hydrogens is 1020 g/mol. The van der Waals surface area contributed by atoms with Gasteiger partial charge in [0.1, 0.15) is 0 Å². The summed E-state index contributed by atoms with van der Waals surface area (Å²) in [4.78, 5) is 0. The number of hydrogen-bond donors (Lipinski definition) is 0. The van der Waals surface area contributed by atoms with Crippen molar-refractivity contribution in [3.8, 4) is 55.6 Å². The van der Waals surface area contributed by atoms with Crippen molar-refractivity contribution in [3.63, 3.8) is 0 Å². The van der Waals surface area contributed by atoms with Gasteiger partial charge < -0.3 is 0 Å². The molecule has 0 saturated heterocycles. The number of hydrogen-bond acceptors (Lipinski definition) is 0. The van der Waals surface area contributed by atoms with Crippen LogP contribution in [-0.4, -0.2) is 0 Å². The standard InChI is InChI=1S/5C17H18/c1-10-5-7-14-9-15-8-6-11(2)13(4)17(15)16(14)12(10)3;1-10-7-12(3)16-15(8-10)9-14-6-5-11(2)13(4)17(14)16;1-10-5-6-14-9-15-7-11(2)12(3)8-16(15)17(14)13(10)4;1-10-7-8-14-9-15-11(2)5-6-12(3)16(15)17(14)13(10)4;1-10-6-5-7-15-16(10)9-14-8-11(2)12(3)13(4)17(14)15/h5*5-8H,9H2,1-4H3. The Kier molecular flexibility index (Phi) is 15.9. The molecule has 5 aliphatic rings. The number of benzene rings is 10. The van der Waals surface area contributed by atoms with E-state index in [0.717, 1.165) is 32.1 Å². The second kappa shape index (κ2) is 22.9. The Morgan fingerprint density at radius 3 is 1.12 bits per heavy atom. The molecule has 0 aliphatic heterocycles. The molecule has 0 aromatic heterocycles. The zero-order valence-corrected chi connectivity index (χ0v) is 55.1. The molecule has 0 unspecified atom stereocenters. The van der Waals surface area contributed by atoms with E-state index >= 15 is 0 Å². The maximum Gasteiger partial charge on any atom is -0.00106 e. The van der Waals surface area contributed by atoms with E-state index in [-0.39, 0.29) is 0 Å². The smallest absolute Gasteiger partial charge is 0.00106 e. The van der Waals surface area contributed by atoms with Gasteiger partial charge in [-0.05, 0) is 388 Å². The highest BCUT2D eigenvalue weighted by molar-refractivity contribution is 5.87. The van der Waals surface area contributed by atoms with Gasteiger partial charge in [-0.3, -0.25) is 0 Å². The summed E-state index contributed by atoms with van der Waals surface area (Å²) in [6, 6.07) is 45.7. The first-order chi connectivity index (χ1) is 40.4. The lowest BCUT2D eigenvalue weighted by Crippen LogP contribution is -1.92. The molecule has 430 valence electrons. The van der Waals surface area contributed by atoms with Gasteiger partial charge in [0.2, 0.25) is 0 Å². The summed E-state index contributed by atoms with van der Waals surface area (Å²) in [7, 11) is 0. The second-order valence-electron chi connectivity index (χ2n) is 26.4. The predicted octanol–water partition coefficient (Wildman–Crippen LogP) is 22.5. The summed E-state index contributed by atoms with van der Waals surface area (Å²) in [5.41, 5.74) is 58.4. The van der Waals surface area contributed by atoms with Crippen molar-refractivity contribution in [2.75, 3.05) is 0 Å². The van der Waals surface area contributed by atoms with E-state index in [1.54, 1.807) is 0 Å². The zero-order chi connectivity index (χ0) is 60.8. The van der Waals surface area contributed by atoms with E-state index in [1.807, 2.05) is 0 Å². The van der Waals surface area contributed by atoms with E-state index in [0.29, 0.717) is 0 Å². The fourth-order valence-corrected chi connectivity index (χ4v) is 15.0.